The Bertz CT molecular complexity index is 547. The number of fused-ring (bicyclic) bond motifs is 1. The van der Waals surface area contributed by atoms with Crippen LogP contribution in [0.15, 0.2) is 11.6 Å². The van der Waals surface area contributed by atoms with E-state index in [9.17, 15) is 0 Å². The predicted molar refractivity (Wildman–Crippen MR) is 133 cm³/mol. The molecule has 1 saturated carbocycles. The van der Waals surface area contributed by atoms with Crippen LogP contribution in [0.3, 0.4) is 0 Å². The first kappa shape index (κ1) is 23.8. The third-order valence-corrected chi connectivity index (χ3v) is 11.6. The molecule has 7 unspecified atom stereocenters. The Balaban J connectivity index is 1.61. The van der Waals surface area contributed by atoms with Crippen molar-refractivity contribution in [1.82, 2.24) is 0 Å². The molecule has 29 heavy (non-hydrogen) atoms. The third-order valence-electron chi connectivity index (χ3n) is 9.30. The maximum Gasteiger partial charge on any atom is -0.0208 e. The van der Waals surface area contributed by atoms with Crippen LogP contribution < -0.4 is 0 Å². The van der Waals surface area contributed by atoms with E-state index in [4.69, 9.17) is 0 Å². The minimum absolute atomic E-state index is 0.478. The molecule has 0 aromatic heterocycles. The van der Waals surface area contributed by atoms with Crippen LogP contribution in [0.4, 0.5) is 0 Å². The Morgan fingerprint density at radius 2 is 1.76 bits per heavy atom. The van der Waals surface area contributed by atoms with Gasteiger partial charge < -0.3 is 0 Å². The van der Waals surface area contributed by atoms with Crippen molar-refractivity contribution >= 4 is 8.58 Å². The summed E-state index contributed by atoms with van der Waals surface area (Å²) in [7, 11) is 1.29. The van der Waals surface area contributed by atoms with E-state index in [-0.39, 0.29) is 0 Å². The highest BCUT2D eigenvalue weighted by Crippen LogP contribution is 2.50. The van der Waals surface area contributed by atoms with E-state index in [1.54, 1.807) is 5.57 Å². The minimum Gasteiger partial charge on any atom is -0.118 e. The average molecular weight is 419 g/mol. The zero-order valence-corrected chi connectivity index (χ0v) is 21.7. The topological polar surface area (TPSA) is 0 Å². The number of rotatable bonds is 4. The molecule has 0 aromatic carbocycles. The van der Waals surface area contributed by atoms with Crippen LogP contribution in [0.2, 0.25) is 0 Å². The first-order chi connectivity index (χ1) is 13.7. The Labute approximate surface area is 185 Å². The highest BCUT2D eigenvalue weighted by molar-refractivity contribution is 7.40. The van der Waals surface area contributed by atoms with Gasteiger partial charge in [0.25, 0.3) is 0 Å². The van der Waals surface area contributed by atoms with Crippen LogP contribution in [-0.4, -0.2) is 11.8 Å². The van der Waals surface area contributed by atoms with E-state index in [1.807, 2.05) is 0 Å². The summed E-state index contributed by atoms with van der Waals surface area (Å²) in [6.45, 7) is 15.1. The van der Waals surface area contributed by atoms with Gasteiger partial charge in [0.05, 0.1) is 0 Å². The van der Waals surface area contributed by atoms with Gasteiger partial charge in [0.2, 0.25) is 0 Å². The highest BCUT2D eigenvalue weighted by Gasteiger charge is 2.39. The van der Waals surface area contributed by atoms with E-state index in [2.05, 4.69) is 47.6 Å². The second-order valence-corrected chi connectivity index (χ2v) is 14.2. The lowest BCUT2D eigenvalue weighted by Gasteiger charge is -2.45. The van der Waals surface area contributed by atoms with Crippen LogP contribution in [-0.2, 0) is 0 Å². The van der Waals surface area contributed by atoms with Gasteiger partial charge in [-0.05, 0) is 98.2 Å². The fourth-order valence-electron chi connectivity index (χ4n) is 7.08. The van der Waals surface area contributed by atoms with Crippen molar-refractivity contribution in [2.24, 2.45) is 34.5 Å². The molecular formula is C28H51P. The van der Waals surface area contributed by atoms with Crippen LogP contribution in [0, 0.1) is 34.5 Å². The summed E-state index contributed by atoms with van der Waals surface area (Å²) in [5.74, 6) is 3.88. The molecule has 1 heterocycles. The summed E-state index contributed by atoms with van der Waals surface area (Å²) < 4.78 is 0. The maximum absolute atomic E-state index is 2.66. The molecule has 0 amide bonds. The summed E-state index contributed by atoms with van der Waals surface area (Å²) in [4.78, 5) is 0. The van der Waals surface area contributed by atoms with Crippen LogP contribution in [0.1, 0.15) is 119 Å². The predicted octanol–water partition coefficient (Wildman–Crippen LogP) is 9.24. The van der Waals surface area contributed by atoms with Gasteiger partial charge in [0, 0.05) is 0 Å². The lowest BCUT2D eigenvalue weighted by atomic mass is 9.60. The van der Waals surface area contributed by atoms with E-state index in [0.29, 0.717) is 10.8 Å². The standard InChI is InChI=1S/C28H51P/c1-21-14-18-28(6)16-8-10-24(9-7-11-26-23(3)20-29-26)12-13-25(28)22(2)15-17-27(4,5)19-21/h14,22-26,29H,7-13,15-20H2,1-6H3/b21-14+. The summed E-state index contributed by atoms with van der Waals surface area (Å²) in [5, 5.41) is 0. The number of hydrogen-bond acceptors (Lipinski definition) is 0. The van der Waals surface area contributed by atoms with Crippen LogP contribution in [0.5, 0.6) is 0 Å². The Hall–Kier alpha value is 0.170. The molecule has 1 aliphatic heterocycles. The van der Waals surface area contributed by atoms with Crippen molar-refractivity contribution in [3.63, 3.8) is 0 Å². The van der Waals surface area contributed by atoms with Crippen molar-refractivity contribution in [3.8, 4) is 0 Å². The van der Waals surface area contributed by atoms with Gasteiger partial charge in [-0.3, -0.25) is 0 Å². The largest absolute Gasteiger partial charge is 0.118 e. The first-order valence-electron chi connectivity index (χ1n) is 13.1. The zero-order valence-electron chi connectivity index (χ0n) is 20.7. The molecule has 0 N–H and O–H groups in total. The molecule has 1 saturated heterocycles. The molecule has 0 spiro atoms. The van der Waals surface area contributed by atoms with Gasteiger partial charge in [-0.15, -0.1) is 8.58 Å². The van der Waals surface area contributed by atoms with Crippen molar-refractivity contribution in [2.75, 3.05) is 6.16 Å². The summed E-state index contributed by atoms with van der Waals surface area (Å²) >= 11 is 0. The SMILES string of the molecule is C/C1=C\CC2(C)CCCC(CCCC3PCC3C)CCC2C(C)CCC(C)(C)C1. The molecule has 1 heteroatoms. The van der Waals surface area contributed by atoms with E-state index < -0.39 is 0 Å². The Morgan fingerprint density at radius 3 is 2.45 bits per heavy atom. The first-order valence-corrected chi connectivity index (χ1v) is 14.4. The molecule has 168 valence electrons. The van der Waals surface area contributed by atoms with E-state index in [0.717, 1.165) is 29.3 Å². The normalized spacial score (nSPS) is 43.9. The monoisotopic (exact) mass is 418 g/mol. The summed E-state index contributed by atoms with van der Waals surface area (Å²) in [6, 6.07) is 0. The minimum atomic E-state index is 0.478. The molecule has 0 nitrogen and oxygen atoms in total. The van der Waals surface area contributed by atoms with Crippen molar-refractivity contribution < 1.29 is 0 Å². The summed E-state index contributed by atoms with van der Waals surface area (Å²) in [6.07, 6.45) is 21.7. The fourth-order valence-corrected chi connectivity index (χ4v) is 8.53. The fraction of sp³-hybridized carbons (Fsp3) is 0.929. The highest BCUT2D eigenvalue weighted by atomic mass is 31.1. The maximum atomic E-state index is 2.66. The third kappa shape index (κ3) is 6.57. The number of allylic oxidation sites excluding steroid dienone is 2. The van der Waals surface area contributed by atoms with Gasteiger partial charge in [-0.1, -0.05) is 78.4 Å². The molecule has 3 aliphatic rings. The summed E-state index contributed by atoms with van der Waals surface area (Å²) in [5.41, 5.74) is 3.76. The van der Waals surface area contributed by atoms with Gasteiger partial charge >= 0.3 is 0 Å². The van der Waals surface area contributed by atoms with Crippen LogP contribution in [0.25, 0.3) is 0 Å². The lowest BCUT2D eigenvalue weighted by molar-refractivity contribution is 0.0678. The van der Waals surface area contributed by atoms with Gasteiger partial charge in [0.15, 0.2) is 0 Å². The Kier molecular flexibility index (Phi) is 8.37. The quantitative estimate of drug-likeness (QED) is 0.315. The second-order valence-electron chi connectivity index (χ2n) is 12.6. The lowest BCUT2D eigenvalue weighted by Crippen LogP contribution is -2.35. The molecule has 2 fully saturated rings. The average Bonchev–Trinajstić information content (AvgIpc) is 2.64. The van der Waals surface area contributed by atoms with Gasteiger partial charge in [-0.25, -0.2) is 0 Å². The molecule has 3 rings (SSSR count). The van der Waals surface area contributed by atoms with Crippen molar-refractivity contribution in [2.45, 2.75) is 124 Å². The molecule has 2 aliphatic carbocycles. The molecular weight excluding hydrogens is 367 g/mol. The number of hydrogen-bond donors (Lipinski definition) is 0. The van der Waals surface area contributed by atoms with E-state index >= 15 is 0 Å². The van der Waals surface area contributed by atoms with Crippen molar-refractivity contribution in [3.05, 3.63) is 11.6 Å². The van der Waals surface area contributed by atoms with Crippen molar-refractivity contribution in [1.29, 1.82) is 0 Å². The Morgan fingerprint density at radius 1 is 0.966 bits per heavy atom. The van der Waals surface area contributed by atoms with Gasteiger partial charge in [0.1, 0.15) is 0 Å². The second kappa shape index (κ2) is 10.2. The van der Waals surface area contributed by atoms with Gasteiger partial charge in [-0.2, -0.15) is 0 Å². The zero-order chi connectivity index (χ0) is 21.1. The molecule has 0 aromatic rings. The molecule has 0 bridgehead atoms. The molecule has 0 radical (unpaired) electrons. The molecule has 7 atom stereocenters. The van der Waals surface area contributed by atoms with E-state index in [1.165, 1.54) is 91.8 Å². The van der Waals surface area contributed by atoms with Crippen LogP contribution >= 0.6 is 8.58 Å². The smallest absolute Gasteiger partial charge is 0.0208 e.